The van der Waals surface area contributed by atoms with Gasteiger partial charge in [-0.2, -0.15) is 0 Å². The molecule has 0 amide bonds. The molecule has 0 aromatic heterocycles. The molecular weight excluding hydrogens is 232 g/mol. The summed E-state index contributed by atoms with van der Waals surface area (Å²) in [5.74, 6) is 0. The summed E-state index contributed by atoms with van der Waals surface area (Å²) in [7, 11) is -2.17. The summed E-state index contributed by atoms with van der Waals surface area (Å²) < 4.78 is 0. The van der Waals surface area contributed by atoms with Gasteiger partial charge in [-0.3, -0.25) is 0 Å². The molecule has 5 heteroatoms. The molecule has 3 N–H and O–H groups in total. The quantitative estimate of drug-likeness (QED) is 0.423. The Balaban J connectivity index is 0. The molecular formula is H3BO3Yb. The van der Waals surface area contributed by atoms with E-state index in [0.29, 0.717) is 0 Å². The Morgan fingerprint density at radius 1 is 1.00 bits per heavy atom. The molecule has 38 valence electrons. The molecule has 0 radical (unpaired) electrons. The Kier molecular flexibility index (Phi) is 10.6. The van der Waals surface area contributed by atoms with E-state index in [1.807, 2.05) is 0 Å². The minimum absolute atomic E-state index is 0. The summed E-state index contributed by atoms with van der Waals surface area (Å²) in [4.78, 5) is 0. The zero-order valence-corrected chi connectivity index (χ0v) is 3.90. The third-order valence-corrected chi connectivity index (χ3v) is 0. The van der Waals surface area contributed by atoms with E-state index < -0.39 is 7.32 Å². The molecule has 0 unspecified atom stereocenters. The first-order chi connectivity index (χ1) is 1.73. The molecule has 0 bridgehead atoms. The van der Waals surface area contributed by atoms with Crippen LogP contribution in [-0.2, 0) is 0 Å². The predicted octanol–water partition coefficient (Wildman–Crippen LogP) is -2.05. The molecule has 0 rings (SSSR count). The Morgan fingerprint density at radius 3 is 1.00 bits per heavy atom. The van der Waals surface area contributed by atoms with Gasteiger partial charge < -0.3 is 15.1 Å². The fourth-order valence-electron chi connectivity index (χ4n) is 0. The van der Waals surface area contributed by atoms with E-state index in [0.717, 1.165) is 0 Å². The average molecular weight is 235 g/mol. The van der Waals surface area contributed by atoms with E-state index >= 15 is 0 Å². The molecule has 0 aliphatic rings. The van der Waals surface area contributed by atoms with E-state index in [4.69, 9.17) is 15.1 Å². The van der Waals surface area contributed by atoms with Gasteiger partial charge in [0.25, 0.3) is 0 Å². The molecule has 3 nitrogen and oxygen atoms in total. The Labute approximate surface area is 68.4 Å². The molecule has 0 saturated heterocycles. The van der Waals surface area contributed by atoms with Crippen LogP contribution in [0.25, 0.3) is 0 Å². The van der Waals surface area contributed by atoms with Crippen molar-refractivity contribution in [3.8, 4) is 0 Å². The third kappa shape index (κ3) is 30.6. The van der Waals surface area contributed by atoms with Crippen LogP contribution in [0.4, 0.5) is 0 Å². The van der Waals surface area contributed by atoms with E-state index in [9.17, 15) is 0 Å². The van der Waals surface area contributed by atoms with Crippen molar-refractivity contribution in [2.75, 3.05) is 0 Å². The van der Waals surface area contributed by atoms with Crippen molar-refractivity contribution < 1.29 is 62.0 Å². The summed E-state index contributed by atoms with van der Waals surface area (Å²) in [6.45, 7) is 0. The van der Waals surface area contributed by atoms with Crippen LogP contribution in [0, 0.1) is 46.9 Å². The van der Waals surface area contributed by atoms with Gasteiger partial charge in [-0.1, -0.05) is 0 Å². The standard InChI is InChI=1S/BH3O3.Yb/c2-1(3)4;/h2-4H;. The predicted molar refractivity (Wildman–Crippen MR) is 12.4 cm³/mol. The molecule has 0 atom stereocenters. The largest absolute Gasteiger partial charge is 0.631 e. The van der Waals surface area contributed by atoms with E-state index in [1.54, 1.807) is 0 Å². The monoisotopic (exact) mass is 236 g/mol. The van der Waals surface area contributed by atoms with Gasteiger partial charge in [0.1, 0.15) is 0 Å². The summed E-state index contributed by atoms with van der Waals surface area (Å²) in [6, 6.07) is 0. The van der Waals surface area contributed by atoms with Gasteiger partial charge in [0.2, 0.25) is 0 Å². The van der Waals surface area contributed by atoms with Crippen molar-refractivity contribution in [3.05, 3.63) is 0 Å². The summed E-state index contributed by atoms with van der Waals surface area (Å²) >= 11 is 0. The second kappa shape index (κ2) is 5.46. The van der Waals surface area contributed by atoms with Crippen molar-refractivity contribution in [1.29, 1.82) is 0 Å². The van der Waals surface area contributed by atoms with Crippen molar-refractivity contribution in [3.63, 3.8) is 0 Å². The third-order valence-electron chi connectivity index (χ3n) is 0. The first kappa shape index (κ1) is 9.68. The van der Waals surface area contributed by atoms with Crippen LogP contribution in [0.2, 0.25) is 0 Å². The van der Waals surface area contributed by atoms with Gasteiger partial charge in [-0.05, 0) is 0 Å². The van der Waals surface area contributed by atoms with Crippen LogP contribution < -0.4 is 0 Å². The minimum Gasteiger partial charge on any atom is -0.402 e. The summed E-state index contributed by atoms with van der Waals surface area (Å²) in [6.07, 6.45) is 0. The van der Waals surface area contributed by atoms with Crippen LogP contribution in [0.1, 0.15) is 0 Å². The molecule has 0 spiro atoms. The molecule has 5 heavy (non-hydrogen) atoms. The Hall–Kier alpha value is 1.46. The maximum atomic E-state index is 7.17. The first-order valence-corrected chi connectivity index (χ1v) is 0.775. The maximum Gasteiger partial charge on any atom is 0.631 e. The van der Waals surface area contributed by atoms with Crippen molar-refractivity contribution in [2.45, 2.75) is 0 Å². The minimum atomic E-state index is -2.17. The van der Waals surface area contributed by atoms with Gasteiger partial charge in [-0.25, -0.2) is 0 Å². The summed E-state index contributed by atoms with van der Waals surface area (Å²) in [5, 5.41) is 21.5. The van der Waals surface area contributed by atoms with Gasteiger partial charge in [0, 0.05) is 46.9 Å². The Bertz CT molecular complexity index is 11.6. The SMILES string of the molecule is OB(O)O.[Yb]. The maximum absolute atomic E-state index is 7.17. The zero-order valence-electron chi connectivity index (χ0n) is 2.19. The second-order valence-electron chi connectivity index (χ2n) is 0.346. The van der Waals surface area contributed by atoms with Crippen molar-refractivity contribution >= 4 is 7.32 Å². The normalized spacial score (nSPS) is 5.40. The van der Waals surface area contributed by atoms with Crippen LogP contribution >= 0.6 is 0 Å². The van der Waals surface area contributed by atoms with Crippen LogP contribution in [0.5, 0.6) is 0 Å². The Morgan fingerprint density at radius 2 is 1.00 bits per heavy atom. The number of hydrogen-bond acceptors (Lipinski definition) is 3. The van der Waals surface area contributed by atoms with Gasteiger partial charge in [-0.15, -0.1) is 0 Å². The molecule has 0 aromatic carbocycles. The summed E-state index contributed by atoms with van der Waals surface area (Å²) in [5.41, 5.74) is 0. The van der Waals surface area contributed by atoms with Crippen molar-refractivity contribution in [1.82, 2.24) is 0 Å². The topological polar surface area (TPSA) is 60.7 Å². The van der Waals surface area contributed by atoms with Crippen LogP contribution in [-0.4, -0.2) is 22.4 Å². The molecule has 0 aliphatic carbocycles. The zero-order chi connectivity index (χ0) is 3.58. The fraction of sp³-hybridized carbons (Fsp3) is 0. The van der Waals surface area contributed by atoms with Gasteiger partial charge >= 0.3 is 7.32 Å². The van der Waals surface area contributed by atoms with Crippen molar-refractivity contribution in [2.24, 2.45) is 0 Å². The van der Waals surface area contributed by atoms with Crippen LogP contribution in [0.3, 0.4) is 0 Å². The van der Waals surface area contributed by atoms with Crippen LogP contribution in [0.15, 0.2) is 0 Å². The smallest absolute Gasteiger partial charge is 0.402 e. The molecule has 0 aliphatic heterocycles. The molecule has 0 heterocycles. The second-order valence-corrected chi connectivity index (χ2v) is 0.346. The molecule has 0 fully saturated rings. The van der Waals surface area contributed by atoms with Gasteiger partial charge in [0.15, 0.2) is 0 Å². The number of rotatable bonds is 0. The van der Waals surface area contributed by atoms with E-state index in [2.05, 4.69) is 0 Å². The first-order valence-electron chi connectivity index (χ1n) is 0.775. The molecule has 0 saturated carbocycles. The van der Waals surface area contributed by atoms with E-state index in [1.165, 1.54) is 0 Å². The number of hydrogen-bond donors (Lipinski definition) is 3. The van der Waals surface area contributed by atoms with E-state index in [-0.39, 0.29) is 46.9 Å². The van der Waals surface area contributed by atoms with Gasteiger partial charge in [0.05, 0.1) is 0 Å². The molecule has 0 aromatic rings. The fourth-order valence-corrected chi connectivity index (χ4v) is 0. The average Bonchev–Trinajstić information content (AvgIpc) is 0.811.